The van der Waals surface area contributed by atoms with E-state index < -0.39 is 5.97 Å². The average molecular weight is 303 g/mol. The molecular weight excluding hydrogens is 292 g/mol. The van der Waals surface area contributed by atoms with E-state index in [1.165, 1.54) is 6.07 Å². The molecule has 0 spiro atoms. The molecule has 106 valence electrons. The van der Waals surface area contributed by atoms with E-state index in [2.05, 4.69) is 10.2 Å². The summed E-state index contributed by atoms with van der Waals surface area (Å²) in [5.74, 6) is -0.365. The zero-order valence-electron chi connectivity index (χ0n) is 11.1. The zero-order chi connectivity index (χ0) is 15.0. The number of aromatic carboxylic acids is 1. The van der Waals surface area contributed by atoms with Crippen molar-refractivity contribution in [1.82, 2.24) is 10.2 Å². The van der Waals surface area contributed by atoms with Crippen LogP contribution in [0.2, 0.25) is 5.02 Å². The number of H-pyrrole nitrogens is 1. The molecule has 0 radical (unpaired) electrons. The van der Waals surface area contributed by atoms with Gasteiger partial charge in [-0.25, -0.2) is 4.79 Å². The second-order valence-corrected chi connectivity index (χ2v) is 4.92. The van der Waals surface area contributed by atoms with E-state index in [4.69, 9.17) is 21.4 Å². The molecule has 0 unspecified atom stereocenters. The quantitative estimate of drug-likeness (QED) is 0.775. The molecule has 1 aromatic heterocycles. The minimum atomic E-state index is -0.984. The number of fused-ring (bicyclic) bond motifs is 1. The molecular formula is C15H11ClN2O3. The van der Waals surface area contributed by atoms with Crippen LogP contribution in [-0.4, -0.2) is 28.4 Å². The fraction of sp³-hybridized carbons (Fsp3) is 0.0667. The Hall–Kier alpha value is -2.53. The van der Waals surface area contributed by atoms with Gasteiger partial charge in [0.1, 0.15) is 11.4 Å². The summed E-state index contributed by atoms with van der Waals surface area (Å²) >= 11 is 6.04. The number of nitrogens with zero attached hydrogens (tertiary/aromatic N) is 1. The van der Waals surface area contributed by atoms with Crippen molar-refractivity contribution in [3.05, 3.63) is 47.0 Å². The molecule has 3 aromatic rings. The Morgan fingerprint density at radius 2 is 2.10 bits per heavy atom. The molecule has 2 aromatic carbocycles. The number of carbonyl (C=O) groups is 1. The van der Waals surface area contributed by atoms with Gasteiger partial charge in [0.2, 0.25) is 0 Å². The van der Waals surface area contributed by atoms with Crippen LogP contribution in [0.4, 0.5) is 0 Å². The lowest BCUT2D eigenvalue weighted by Gasteiger charge is -2.07. The predicted molar refractivity (Wildman–Crippen MR) is 80.1 cm³/mol. The normalized spacial score (nSPS) is 10.8. The number of rotatable bonds is 3. The van der Waals surface area contributed by atoms with Gasteiger partial charge in [-0.3, -0.25) is 5.10 Å². The van der Waals surface area contributed by atoms with Crippen molar-refractivity contribution in [1.29, 1.82) is 0 Å². The lowest BCUT2D eigenvalue weighted by atomic mass is 10.0. The monoisotopic (exact) mass is 302 g/mol. The number of hydrogen-bond acceptors (Lipinski definition) is 3. The van der Waals surface area contributed by atoms with Crippen molar-refractivity contribution in [2.45, 2.75) is 0 Å². The average Bonchev–Trinajstić information content (AvgIpc) is 2.89. The molecule has 0 bridgehead atoms. The van der Waals surface area contributed by atoms with E-state index in [1.807, 2.05) is 0 Å². The Morgan fingerprint density at radius 3 is 2.81 bits per heavy atom. The van der Waals surface area contributed by atoms with Crippen LogP contribution in [0, 0.1) is 0 Å². The molecule has 0 amide bonds. The first-order valence-electron chi connectivity index (χ1n) is 6.15. The van der Waals surface area contributed by atoms with Gasteiger partial charge in [0.15, 0.2) is 0 Å². The summed E-state index contributed by atoms with van der Waals surface area (Å²) in [6.45, 7) is 0. The van der Waals surface area contributed by atoms with E-state index in [9.17, 15) is 4.79 Å². The Morgan fingerprint density at radius 1 is 1.29 bits per heavy atom. The van der Waals surface area contributed by atoms with Gasteiger partial charge in [0.05, 0.1) is 18.2 Å². The largest absolute Gasteiger partial charge is 0.496 e. The predicted octanol–water partition coefficient (Wildman–Crippen LogP) is 3.59. The zero-order valence-corrected chi connectivity index (χ0v) is 11.8. The standard InChI is InChI=1S/C15H11ClN2O3/c1-21-13-5-3-9(16)7-11(13)14-10-6-8(15(19)20)2-4-12(10)17-18-14/h2-7H,1H3,(H,17,18)(H,19,20). The molecule has 0 aliphatic rings. The highest BCUT2D eigenvalue weighted by Crippen LogP contribution is 2.35. The molecule has 0 saturated carbocycles. The van der Waals surface area contributed by atoms with Gasteiger partial charge < -0.3 is 9.84 Å². The fourth-order valence-electron chi connectivity index (χ4n) is 2.22. The van der Waals surface area contributed by atoms with Gasteiger partial charge in [-0.15, -0.1) is 0 Å². The van der Waals surface area contributed by atoms with Crippen LogP contribution in [0.1, 0.15) is 10.4 Å². The first kappa shape index (κ1) is 13.5. The van der Waals surface area contributed by atoms with Gasteiger partial charge in [-0.2, -0.15) is 5.10 Å². The lowest BCUT2D eigenvalue weighted by Crippen LogP contribution is -1.95. The third-order valence-corrected chi connectivity index (χ3v) is 3.46. The number of carboxylic acid groups (broad SMARTS) is 1. The minimum Gasteiger partial charge on any atom is -0.496 e. The number of carboxylic acids is 1. The molecule has 0 aliphatic carbocycles. The number of hydrogen-bond donors (Lipinski definition) is 2. The van der Waals surface area contributed by atoms with E-state index in [0.29, 0.717) is 27.4 Å². The summed E-state index contributed by atoms with van der Waals surface area (Å²) in [6.07, 6.45) is 0. The van der Waals surface area contributed by atoms with Crippen LogP contribution >= 0.6 is 11.6 Å². The Bertz CT molecular complexity index is 842. The second kappa shape index (κ2) is 5.10. The molecule has 2 N–H and O–H groups in total. The summed E-state index contributed by atoms with van der Waals surface area (Å²) < 4.78 is 5.32. The van der Waals surface area contributed by atoms with Gasteiger partial charge in [-0.05, 0) is 36.4 Å². The molecule has 0 saturated heterocycles. The molecule has 0 aliphatic heterocycles. The van der Waals surface area contributed by atoms with Crippen LogP contribution in [0.3, 0.4) is 0 Å². The molecule has 21 heavy (non-hydrogen) atoms. The molecule has 3 rings (SSSR count). The van der Waals surface area contributed by atoms with Gasteiger partial charge in [-0.1, -0.05) is 11.6 Å². The molecule has 1 heterocycles. The van der Waals surface area contributed by atoms with Crippen LogP contribution < -0.4 is 4.74 Å². The summed E-state index contributed by atoms with van der Waals surface area (Å²) in [5.41, 5.74) is 2.26. The van der Waals surface area contributed by atoms with Crippen molar-refractivity contribution in [3.63, 3.8) is 0 Å². The highest BCUT2D eigenvalue weighted by Gasteiger charge is 2.15. The molecule has 0 atom stereocenters. The Kier molecular flexibility index (Phi) is 3.27. The van der Waals surface area contributed by atoms with Gasteiger partial charge in [0.25, 0.3) is 0 Å². The van der Waals surface area contributed by atoms with E-state index in [1.54, 1.807) is 37.4 Å². The maximum Gasteiger partial charge on any atom is 0.335 e. The maximum absolute atomic E-state index is 11.1. The summed E-state index contributed by atoms with van der Waals surface area (Å²) in [6, 6.07) is 10.0. The lowest BCUT2D eigenvalue weighted by molar-refractivity contribution is 0.0697. The van der Waals surface area contributed by atoms with Crippen molar-refractivity contribution < 1.29 is 14.6 Å². The maximum atomic E-state index is 11.1. The number of aromatic nitrogens is 2. The number of aromatic amines is 1. The number of ether oxygens (including phenoxy) is 1. The topological polar surface area (TPSA) is 75.2 Å². The van der Waals surface area contributed by atoms with Crippen LogP contribution in [0.15, 0.2) is 36.4 Å². The summed E-state index contributed by atoms with van der Waals surface area (Å²) in [4.78, 5) is 11.1. The van der Waals surface area contributed by atoms with E-state index in [-0.39, 0.29) is 5.56 Å². The van der Waals surface area contributed by atoms with Gasteiger partial charge >= 0.3 is 5.97 Å². The smallest absolute Gasteiger partial charge is 0.335 e. The molecule has 6 heteroatoms. The Labute approximate surface area is 125 Å². The third kappa shape index (κ3) is 2.32. The summed E-state index contributed by atoms with van der Waals surface area (Å²) in [7, 11) is 1.56. The first-order valence-corrected chi connectivity index (χ1v) is 6.53. The Balaban J connectivity index is 2.27. The SMILES string of the molecule is COc1ccc(Cl)cc1-c1n[nH]c2ccc(C(=O)O)cc12. The van der Waals surface area contributed by atoms with E-state index in [0.717, 1.165) is 5.52 Å². The van der Waals surface area contributed by atoms with Crippen molar-refractivity contribution in [2.75, 3.05) is 7.11 Å². The van der Waals surface area contributed by atoms with Crippen molar-refractivity contribution in [3.8, 4) is 17.0 Å². The highest BCUT2D eigenvalue weighted by atomic mass is 35.5. The van der Waals surface area contributed by atoms with Crippen molar-refractivity contribution in [2.24, 2.45) is 0 Å². The number of nitrogens with one attached hydrogen (secondary N) is 1. The van der Waals surface area contributed by atoms with Crippen LogP contribution in [0.5, 0.6) is 5.75 Å². The fourth-order valence-corrected chi connectivity index (χ4v) is 2.39. The highest BCUT2D eigenvalue weighted by molar-refractivity contribution is 6.31. The van der Waals surface area contributed by atoms with Gasteiger partial charge in [0, 0.05) is 16.0 Å². The van der Waals surface area contributed by atoms with E-state index >= 15 is 0 Å². The van der Waals surface area contributed by atoms with Crippen LogP contribution in [-0.2, 0) is 0 Å². The number of methoxy groups -OCH3 is 1. The second-order valence-electron chi connectivity index (χ2n) is 4.48. The molecule has 5 nitrogen and oxygen atoms in total. The third-order valence-electron chi connectivity index (χ3n) is 3.23. The first-order chi connectivity index (χ1) is 10.1. The van der Waals surface area contributed by atoms with Crippen molar-refractivity contribution >= 4 is 28.5 Å². The summed E-state index contributed by atoms with van der Waals surface area (Å²) in [5, 5.41) is 17.5. The van der Waals surface area contributed by atoms with Crippen LogP contribution in [0.25, 0.3) is 22.2 Å². The minimum absolute atomic E-state index is 0.200. The number of halogens is 1. The number of benzene rings is 2. The molecule has 0 fully saturated rings.